The Hall–Kier alpha value is -1.44. The van der Waals surface area contributed by atoms with Gasteiger partial charge in [-0.15, -0.1) is 0 Å². The van der Waals surface area contributed by atoms with Crippen LogP contribution in [0.25, 0.3) is 0 Å². The molecule has 2 heterocycles. The van der Waals surface area contributed by atoms with Gasteiger partial charge in [0.25, 0.3) is 0 Å². The van der Waals surface area contributed by atoms with Crippen LogP contribution in [0, 0.1) is 11.8 Å². The molecule has 1 fully saturated rings. The van der Waals surface area contributed by atoms with Crippen LogP contribution in [0.2, 0.25) is 0 Å². The van der Waals surface area contributed by atoms with Gasteiger partial charge in [-0.25, -0.2) is 13.6 Å². The Morgan fingerprint density at radius 2 is 1.92 bits per heavy atom. The highest BCUT2D eigenvalue weighted by Gasteiger charge is 2.29. The fourth-order valence-electron chi connectivity index (χ4n) is 4.01. The molecule has 24 heavy (non-hydrogen) atoms. The minimum absolute atomic E-state index is 0.0819. The summed E-state index contributed by atoms with van der Waals surface area (Å²) < 4.78 is 22.9. The molecule has 1 aromatic carbocycles. The van der Waals surface area contributed by atoms with Crippen molar-refractivity contribution in [3.05, 3.63) is 23.8 Å². The number of nitrogens with zero attached hydrogens (tertiary/aromatic N) is 2. The molecule has 132 valence electrons. The number of primary sulfonamides is 1. The second kappa shape index (κ2) is 6.46. The fraction of sp³-hybridized carbons (Fsp3) is 0.588. The molecule has 2 unspecified atom stereocenters. The monoisotopic (exact) mass is 351 g/mol. The molecule has 1 saturated heterocycles. The number of hydrogen-bond acceptors (Lipinski definition) is 4. The zero-order valence-electron chi connectivity index (χ0n) is 14.2. The molecule has 2 N–H and O–H groups in total. The van der Waals surface area contributed by atoms with Crippen molar-refractivity contribution >= 4 is 21.6 Å². The summed E-state index contributed by atoms with van der Waals surface area (Å²) in [5.74, 6) is 1.31. The molecule has 0 radical (unpaired) electrons. The average Bonchev–Trinajstić information content (AvgIpc) is 2.88. The number of amides is 1. The summed E-state index contributed by atoms with van der Waals surface area (Å²) in [6, 6.07) is 4.76. The van der Waals surface area contributed by atoms with Gasteiger partial charge in [0, 0.05) is 25.3 Å². The Morgan fingerprint density at radius 3 is 2.54 bits per heavy atom. The topological polar surface area (TPSA) is 83.7 Å². The highest BCUT2D eigenvalue weighted by atomic mass is 32.2. The summed E-state index contributed by atoms with van der Waals surface area (Å²) >= 11 is 0. The molecule has 0 aromatic heterocycles. The molecule has 0 bridgehead atoms. The van der Waals surface area contributed by atoms with E-state index in [2.05, 4.69) is 18.7 Å². The smallest absolute Gasteiger partial charge is 0.241 e. The molecule has 1 amide bonds. The van der Waals surface area contributed by atoms with Crippen molar-refractivity contribution in [2.45, 2.75) is 31.6 Å². The van der Waals surface area contributed by atoms with Gasteiger partial charge in [0.2, 0.25) is 15.9 Å². The van der Waals surface area contributed by atoms with Gasteiger partial charge in [0.15, 0.2) is 0 Å². The van der Waals surface area contributed by atoms with Crippen LogP contribution in [-0.2, 0) is 21.2 Å². The summed E-state index contributed by atoms with van der Waals surface area (Å²) in [6.45, 7) is 7.40. The summed E-state index contributed by atoms with van der Waals surface area (Å²) in [7, 11) is -3.71. The van der Waals surface area contributed by atoms with E-state index < -0.39 is 10.0 Å². The maximum absolute atomic E-state index is 12.7. The number of benzene rings is 1. The second-order valence-corrected chi connectivity index (χ2v) is 8.83. The first-order valence-corrected chi connectivity index (χ1v) is 9.97. The number of anilines is 1. The van der Waals surface area contributed by atoms with Gasteiger partial charge in [0.05, 0.1) is 11.4 Å². The largest absolute Gasteiger partial charge is 0.311 e. The number of rotatable bonds is 3. The highest BCUT2D eigenvalue weighted by Crippen LogP contribution is 2.30. The summed E-state index contributed by atoms with van der Waals surface area (Å²) in [5, 5.41) is 5.18. The standard InChI is InChI=1S/C17H25N3O3S/c1-12-7-13(2)10-19(9-12)11-17(21)20-6-5-14-8-15(24(18,22)23)3-4-16(14)20/h3-4,8,12-13H,5-7,9-11H2,1-2H3,(H2,18,22,23). The third-order valence-corrected chi connectivity index (χ3v) is 5.79. The lowest BCUT2D eigenvalue weighted by atomic mass is 9.92. The number of fused-ring (bicyclic) bond motifs is 1. The van der Waals surface area contributed by atoms with E-state index >= 15 is 0 Å². The predicted octanol–water partition coefficient (Wildman–Crippen LogP) is 1.20. The first-order chi connectivity index (χ1) is 11.2. The Bertz CT molecular complexity index is 737. The van der Waals surface area contributed by atoms with Crippen molar-refractivity contribution in [3.8, 4) is 0 Å². The van der Waals surface area contributed by atoms with E-state index in [-0.39, 0.29) is 10.8 Å². The number of likely N-dealkylation sites (tertiary alicyclic amines) is 1. The van der Waals surface area contributed by atoms with E-state index in [0.29, 0.717) is 31.3 Å². The van der Waals surface area contributed by atoms with Gasteiger partial charge in [-0.3, -0.25) is 9.69 Å². The fourth-order valence-corrected chi connectivity index (χ4v) is 4.58. The molecule has 6 nitrogen and oxygen atoms in total. The number of hydrogen-bond donors (Lipinski definition) is 1. The van der Waals surface area contributed by atoms with Gasteiger partial charge < -0.3 is 4.90 Å². The third kappa shape index (κ3) is 3.63. The summed E-state index contributed by atoms with van der Waals surface area (Å²) in [4.78, 5) is 16.8. The molecule has 3 rings (SSSR count). The van der Waals surface area contributed by atoms with Crippen LogP contribution in [0.15, 0.2) is 23.1 Å². The quantitative estimate of drug-likeness (QED) is 0.887. The maximum atomic E-state index is 12.7. The van der Waals surface area contributed by atoms with Gasteiger partial charge in [0.1, 0.15) is 0 Å². The lowest BCUT2D eigenvalue weighted by molar-refractivity contribution is -0.120. The summed E-state index contributed by atoms with van der Waals surface area (Å²) in [6.07, 6.45) is 1.88. The van der Waals surface area contributed by atoms with E-state index in [1.165, 1.54) is 12.5 Å². The van der Waals surface area contributed by atoms with Gasteiger partial charge >= 0.3 is 0 Å². The van der Waals surface area contributed by atoms with Crippen LogP contribution in [-0.4, -0.2) is 45.4 Å². The zero-order valence-corrected chi connectivity index (χ0v) is 15.1. The van der Waals surface area contributed by atoms with Crippen molar-refractivity contribution in [2.24, 2.45) is 17.0 Å². The molecule has 2 aliphatic rings. The first kappa shape index (κ1) is 17.4. The predicted molar refractivity (Wildman–Crippen MR) is 93.3 cm³/mol. The molecular formula is C17H25N3O3S. The number of sulfonamides is 1. The highest BCUT2D eigenvalue weighted by molar-refractivity contribution is 7.89. The molecule has 2 aliphatic heterocycles. The molecule has 0 aliphatic carbocycles. The molecule has 1 aromatic rings. The maximum Gasteiger partial charge on any atom is 0.241 e. The van der Waals surface area contributed by atoms with Crippen LogP contribution in [0.5, 0.6) is 0 Å². The average molecular weight is 351 g/mol. The minimum atomic E-state index is -3.71. The minimum Gasteiger partial charge on any atom is -0.311 e. The Balaban J connectivity index is 1.73. The van der Waals surface area contributed by atoms with Crippen LogP contribution >= 0.6 is 0 Å². The number of piperidine rings is 1. The molecule has 7 heteroatoms. The Labute approximate surface area is 143 Å². The van der Waals surface area contributed by atoms with E-state index in [4.69, 9.17) is 5.14 Å². The van der Waals surface area contributed by atoms with Gasteiger partial charge in [-0.05, 0) is 48.4 Å². The molecule has 0 saturated carbocycles. The molecule has 2 atom stereocenters. The van der Waals surface area contributed by atoms with Crippen LogP contribution in [0.3, 0.4) is 0 Å². The van der Waals surface area contributed by atoms with E-state index in [1.807, 2.05) is 0 Å². The lowest BCUT2D eigenvalue weighted by Crippen LogP contribution is -2.45. The second-order valence-electron chi connectivity index (χ2n) is 7.27. The van der Waals surface area contributed by atoms with Crippen LogP contribution in [0.4, 0.5) is 5.69 Å². The number of carbonyl (C=O) groups is 1. The van der Waals surface area contributed by atoms with Crippen molar-refractivity contribution < 1.29 is 13.2 Å². The molecular weight excluding hydrogens is 326 g/mol. The van der Waals surface area contributed by atoms with Gasteiger partial charge in [-0.2, -0.15) is 0 Å². The van der Waals surface area contributed by atoms with Crippen molar-refractivity contribution in [3.63, 3.8) is 0 Å². The Morgan fingerprint density at radius 1 is 1.25 bits per heavy atom. The van der Waals surface area contributed by atoms with E-state index in [0.717, 1.165) is 24.3 Å². The van der Waals surface area contributed by atoms with Crippen LogP contribution < -0.4 is 10.0 Å². The van der Waals surface area contributed by atoms with Gasteiger partial charge in [-0.1, -0.05) is 13.8 Å². The number of nitrogens with two attached hydrogens (primary N) is 1. The van der Waals surface area contributed by atoms with Crippen molar-refractivity contribution in [1.29, 1.82) is 0 Å². The summed E-state index contributed by atoms with van der Waals surface area (Å²) in [5.41, 5.74) is 1.68. The van der Waals surface area contributed by atoms with E-state index in [1.54, 1.807) is 17.0 Å². The Kier molecular flexibility index (Phi) is 4.68. The molecule has 0 spiro atoms. The normalized spacial score (nSPS) is 24.9. The van der Waals surface area contributed by atoms with Crippen molar-refractivity contribution in [1.82, 2.24) is 4.90 Å². The number of carbonyl (C=O) groups excluding carboxylic acids is 1. The third-order valence-electron chi connectivity index (χ3n) is 4.88. The zero-order chi connectivity index (χ0) is 17.5. The first-order valence-electron chi connectivity index (χ1n) is 8.42. The van der Waals surface area contributed by atoms with Crippen LogP contribution in [0.1, 0.15) is 25.8 Å². The lowest BCUT2D eigenvalue weighted by Gasteiger charge is -2.35. The van der Waals surface area contributed by atoms with E-state index in [9.17, 15) is 13.2 Å². The van der Waals surface area contributed by atoms with Crippen molar-refractivity contribution in [2.75, 3.05) is 31.1 Å². The SMILES string of the molecule is CC1CC(C)CN(CC(=O)N2CCc3cc(S(N)(=O)=O)ccc32)C1.